The van der Waals surface area contributed by atoms with Gasteiger partial charge in [0, 0.05) is 24.7 Å². The van der Waals surface area contributed by atoms with Crippen molar-refractivity contribution in [2.75, 3.05) is 33.4 Å². The van der Waals surface area contributed by atoms with Gasteiger partial charge in [-0.25, -0.2) is 4.98 Å². The van der Waals surface area contributed by atoms with Crippen LogP contribution in [0.2, 0.25) is 0 Å². The van der Waals surface area contributed by atoms with Crippen LogP contribution in [0.4, 0.5) is 0 Å². The number of pyridine rings is 1. The van der Waals surface area contributed by atoms with Crippen LogP contribution in [0, 0.1) is 23.7 Å². The van der Waals surface area contributed by atoms with Crippen molar-refractivity contribution in [1.29, 1.82) is 0 Å². The summed E-state index contributed by atoms with van der Waals surface area (Å²) in [6.45, 7) is 2.52. The maximum Gasteiger partial charge on any atom is 0.181 e. The first kappa shape index (κ1) is 22.3. The summed E-state index contributed by atoms with van der Waals surface area (Å²) in [5.74, 6) is 7.42. The molecule has 32 heavy (non-hydrogen) atoms. The molecule has 0 radical (unpaired) electrons. The summed E-state index contributed by atoms with van der Waals surface area (Å²) < 4.78 is 10.3. The van der Waals surface area contributed by atoms with Gasteiger partial charge in [-0.3, -0.25) is 9.88 Å². The van der Waals surface area contributed by atoms with Gasteiger partial charge in [0.1, 0.15) is 12.0 Å². The van der Waals surface area contributed by atoms with Crippen LogP contribution in [0.25, 0.3) is 10.9 Å². The standard InChI is InChI=1S/C25H29N3O4/c1-31-21-5-6-24-23(13-21)22(8-10-26-24)25(30)7-4-18-9-12-28(14-19(18)15-29)11-2-3-20-16-32-17-27-20/h5-6,8,10,13,16-19,25,29-30H,4,7,9,11-12,14-15H2,1H3/t18-,19-,25+/m1/s1. The predicted molar refractivity (Wildman–Crippen MR) is 121 cm³/mol. The van der Waals surface area contributed by atoms with Crippen molar-refractivity contribution in [2.24, 2.45) is 11.8 Å². The Morgan fingerprint density at radius 2 is 2.19 bits per heavy atom. The van der Waals surface area contributed by atoms with Crippen LogP contribution in [0.15, 0.2) is 47.5 Å². The largest absolute Gasteiger partial charge is 0.497 e. The number of aliphatic hydroxyl groups excluding tert-OH is 2. The second kappa shape index (κ2) is 10.6. The highest BCUT2D eigenvalue weighted by molar-refractivity contribution is 5.83. The maximum absolute atomic E-state index is 11.0. The average Bonchev–Trinajstić information content (AvgIpc) is 3.35. The van der Waals surface area contributed by atoms with E-state index >= 15 is 0 Å². The van der Waals surface area contributed by atoms with Crippen molar-refractivity contribution in [2.45, 2.75) is 25.4 Å². The number of benzene rings is 1. The van der Waals surface area contributed by atoms with Gasteiger partial charge in [0.2, 0.25) is 0 Å². The minimum Gasteiger partial charge on any atom is -0.497 e. The quantitative estimate of drug-likeness (QED) is 0.551. The monoisotopic (exact) mass is 435 g/mol. The first-order valence-corrected chi connectivity index (χ1v) is 11.0. The Morgan fingerprint density at radius 3 is 2.97 bits per heavy atom. The second-order valence-corrected chi connectivity index (χ2v) is 8.28. The first-order valence-electron chi connectivity index (χ1n) is 11.0. The number of piperidine rings is 1. The molecule has 1 aliphatic heterocycles. The SMILES string of the molecule is COc1ccc2nccc([C@@H](O)CC[C@@H]3CCN(CC#Cc4cocn4)C[C@@H]3CO)c2c1. The third-order valence-electron chi connectivity index (χ3n) is 6.31. The van der Waals surface area contributed by atoms with E-state index in [4.69, 9.17) is 9.15 Å². The molecule has 3 heterocycles. The molecule has 3 atom stereocenters. The Labute approximate surface area is 188 Å². The maximum atomic E-state index is 11.0. The molecule has 1 saturated heterocycles. The van der Waals surface area contributed by atoms with E-state index in [0.29, 0.717) is 24.6 Å². The van der Waals surface area contributed by atoms with E-state index in [-0.39, 0.29) is 12.5 Å². The lowest BCUT2D eigenvalue weighted by Gasteiger charge is -2.37. The normalized spacial score (nSPS) is 20.0. The zero-order chi connectivity index (χ0) is 22.3. The summed E-state index contributed by atoms with van der Waals surface area (Å²) in [5, 5.41) is 21.8. The number of ether oxygens (including phenoxy) is 1. The molecule has 0 unspecified atom stereocenters. The number of aliphatic hydroxyl groups is 2. The minimum atomic E-state index is -0.585. The van der Waals surface area contributed by atoms with Gasteiger partial charge in [-0.1, -0.05) is 5.92 Å². The summed E-state index contributed by atoms with van der Waals surface area (Å²) >= 11 is 0. The first-order chi connectivity index (χ1) is 15.7. The fourth-order valence-electron chi connectivity index (χ4n) is 4.49. The number of methoxy groups -OCH3 is 1. The number of hydrogen-bond acceptors (Lipinski definition) is 7. The molecule has 168 valence electrons. The Balaban J connectivity index is 1.35. The van der Waals surface area contributed by atoms with Crippen LogP contribution >= 0.6 is 0 Å². The summed E-state index contributed by atoms with van der Waals surface area (Å²) in [6, 6.07) is 7.59. The molecule has 1 aromatic carbocycles. The van der Waals surface area contributed by atoms with Gasteiger partial charge in [-0.05, 0) is 73.4 Å². The molecule has 4 rings (SSSR count). The number of nitrogens with zero attached hydrogens (tertiary/aromatic N) is 3. The fourth-order valence-corrected chi connectivity index (χ4v) is 4.49. The fraction of sp³-hybridized carbons (Fsp3) is 0.440. The van der Waals surface area contributed by atoms with Gasteiger partial charge in [0.15, 0.2) is 12.1 Å². The molecule has 3 aromatic rings. The molecule has 1 aliphatic rings. The second-order valence-electron chi connectivity index (χ2n) is 8.28. The van der Waals surface area contributed by atoms with E-state index in [9.17, 15) is 10.2 Å². The predicted octanol–water partition coefficient (Wildman–Crippen LogP) is 3.03. The number of aromatic nitrogens is 2. The zero-order valence-electron chi connectivity index (χ0n) is 18.3. The van der Waals surface area contributed by atoms with Gasteiger partial charge >= 0.3 is 0 Å². The molecular formula is C25H29N3O4. The molecule has 2 N–H and O–H groups in total. The third-order valence-corrected chi connectivity index (χ3v) is 6.31. The molecule has 0 aliphatic carbocycles. The van der Waals surface area contributed by atoms with E-state index in [1.54, 1.807) is 13.3 Å². The molecule has 0 amide bonds. The van der Waals surface area contributed by atoms with Crippen molar-refractivity contribution in [3.8, 4) is 17.6 Å². The van der Waals surface area contributed by atoms with E-state index in [1.165, 1.54) is 12.7 Å². The lowest BCUT2D eigenvalue weighted by molar-refractivity contribution is 0.0640. The summed E-state index contributed by atoms with van der Waals surface area (Å²) in [7, 11) is 1.63. The van der Waals surface area contributed by atoms with Crippen LogP contribution in [0.1, 0.15) is 36.6 Å². The van der Waals surface area contributed by atoms with Gasteiger partial charge < -0.3 is 19.4 Å². The molecule has 0 bridgehead atoms. The Kier molecular flexibility index (Phi) is 7.38. The lowest BCUT2D eigenvalue weighted by Crippen LogP contribution is -2.42. The number of oxazole rings is 1. The number of hydrogen-bond donors (Lipinski definition) is 2. The van der Waals surface area contributed by atoms with Crippen molar-refractivity contribution in [3.05, 3.63) is 54.4 Å². The van der Waals surface area contributed by atoms with Gasteiger partial charge in [0.05, 0.1) is 25.3 Å². The van der Waals surface area contributed by atoms with Crippen LogP contribution in [-0.4, -0.2) is 58.4 Å². The van der Waals surface area contributed by atoms with Gasteiger partial charge in [-0.15, -0.1) is 0 Å². The molecule has 7 heteroatoms. The smallest absolute Gasteiger partial charge is 0.181 e. The van der Waals surface area contributed by atoms with Crippen molar-refractivity contribution in [1.82, 2.24) is 14.9 Å². The van der Waals surface area contributed by atoms with Gasteiger partial charge in [-0.2, -0.15) is 0 Å². The van der Waals surface area contributed by atoms with E-state index in [2.05, 4.69) is 26.7 Å². The Bertz CT molecular complexity index is 1070. The number of rotatable bonds is 7. The molecular weight excluding hydrogens is 406 g/mol. The molecule has 2 aromatic heterocycles. The van der Waals surface area contributed by atoms with Crippen LogP contribution in [0.5, 0.6) is 5.75 Å². The highest BCUT2D eigenvalue weighted by atomic mass is 16.5. The van der Waals surface area contributed by atoms with E-state index < -0.39 is 6.10 Å². The lowest BCUT2D eigenvalue weighted by atomic mass is 9.81. The zero-order valence-corrected chi connectivity index (χ0v) is 18.3. The summed E-state index contributed by atoms with van der Waals surface area (Å²) in [5.41, 5.74) is 2.35. The van der Waals surface area contributed by atoms with E-state index in [1.807, 2.05) is 24.3 Å². The molecule has 0 spiro atoms. The third kappa shape index (κ3) is 5.28. The van der Waals surface area contributed by atoms with Crippen molar-refractivity contribution < 1.29 is 19.4 Å². The van der Waals surface area contributed by atoms with Crippen LogP contribution in [0.3, 0.4) is 0 Å². The Hall–Kier alpha value is -2.92. The Morgan fingerprint density at radius 1 is 1.28 bits per heavy atom. The van der Waals surface area contributed by atoms with Crippen LogP contribution < -0.4 is 4.74 Å². The van der Waals surface area contributed by atoms with Crippen LogP contribution in [-0.2, 0) is 0 Å². The molecule has 0 saturated carbocycles. The molecule has 1 fully saturated rings. The number of fused-ring (bicyclic) bond motifs is 1. The minimum absolute atomic E-state index is 0.142. The highest BCUT2D eigenvalue weighted by Crippen LogP contribution is 2.33. The molecule has 7 nitrogen and oxygen atoms in total. The average molecular weight is 436 g/mol. The van der Waals surface area contributed by atoms with E-state index in [0.717, 1.165) is 48.1 Å². The van der Waals surface area contributed by atoms with Crippen molar-refractivity contribution in [3.63, 3.8) is 0 Å². The summed E-state index contributed by atoms with van der Waals surface area (Å²) in [6.07, 6.45) is 6.54. The highest BCUT2D eigenvalue weighted by Gasteiger charge is 2.29. The summed E-state index contributed by atoms with van der Waals surface area (Å²) in [4.78, 5) is 10.7. The topological polar surface area (TPSA) is 91.9 Å². The number of likely N-dealkylation sites (tertiary alicyclic amines) is 1. The van der Waals surface area contributed by atoms with Gasteiger partial charge in [0.25, 0.3) is 0 Å². The van der Waals surface area contributed by atoms with Crippen molar-refractivity contribution >= 4 is 10.9 Å².